The SMILES string of the molecule is CCC(CC)(CCO)CNC(=O)c1ccc(C(C)=O)cc1. The Balaban J connectivity index is 2.70. The molecule has 0 heterocycles. The highest BCUT2D eigenvalue weighted by molar-refractivity contribution is 5.97. The van der Waals surface area contributed by atoms with E-state index in [9.17, 15) is 14.7 Å². The molecule has 0 radical (unpaired) electrons. The topological polar surface area (TPSA) is 66.4 Å². The summed E-state index contributed by atoms with van der Waals surface area (Å²) in [6.07, 6.45) is 2.50. The quantitative estimate of drug-likeness (QED) is 0.724. The number of ketones is 1. The molecule has 0 saturated heterocycles. The van der Waals surface area contributed by atoms with Crippen LogP contribution in [0.25, 0.3) is 0 Å². The van der Waals surface area contributed by atoms with Gasteiger partial charge in [-0.2, -0.15) is 0 Å². The summed E-state index contributed by atoms with van der Waals surface area (Å²) in [7, 11) is 0. The summed E-state index contributed by atoms with van der Waals surface area (Å²) in [5.41, 5.74) is 1.09. The first kappa shape index (κ1) is 17.4. The van der Waals surface area contributed by atoms with Crippen molar-refractivity contribution in [2.45, 2.75) is 40.0 Å². The van der Waals surface area contributed by atoms with E-state index >= 15 is 0 Å². The average molecular weight is 291 g/mol. The Labute approximate surface area is 126 Å². The zero-order chi connectivity index (χ0) is 15.9. The van der Waals surface area contributed by atoms with Crippen LogP contribution < -0.4 is 5.32 Å². The summed E-state index contributed by atoms with van der Waals surface area (Å²) < 4.78 is 0. The molecule has 0 unspecified atom stereocenters. The highest BCUT2D eigenvalue weighted by atomic mass is 16.3. The second-order valence-corrected chi connectivity index (χ2v) is 5.50. The van der Waals surface area contributed by atoms with Crippen LogP contribution in [-0.2, 0) is 0 Å². The first-order valence-corrected chi connectivity index (χ1v) is 7.48. The van der Waals surface area contributed by atoms with Crippen LogP contribution in [0.3, 0.4) is 0 Å². The maximum absolute atomic E-state index is 12.2. The van der Waals surface area contributed by atoms with Gasteiger partial charge in [-0.15, -0.1) is 0 Å². The second-order valence-electron chi connectivity index (χ2n) is 5.50. The Bertz CT molecular complexity index is 475. The number of rotatable bonds is 8. The van der Waals surface area contributed by atoms with Gasteiger partial charge in [0.05, 0.1) is 0 Å². The van der Waals surface area contributed by atoms with Crippen LogP contribution in [0, 0.1) is 5.41 Å². The Hall–Kier alpha value is -1.68. The van der Waals surface area contributed by atoms with Crippen LogP contribution in [0.5, 0.6) is 0 Å². The number of aliphatic hydroxyl groups excluding tert-OH is 1. The molecular weight excluding hydrogens is 266 g/mol. The molecule has 1 aromatic rings. The molecule has 0 saturated carbocycles. The van der Waals surface area contributed by atoms with Crippen LogP contribution >= 0.6 is 0 Å². The maximum Gasteiger partial charge on any atom is 0.251 e. The van der Waals surface area contributed by atoms with E-state index in [4.69, 9.17) is 0 Å². The molecule has 0 aliphatic rings. The van der Waals surface area contributed by atoms with Crippen molar-refractivity contribution >= 4 is 11.7 Å². The van der Waals surface area contributed by atoms with Gasteiger partial charge in [-0.1, -0.05) is 26.0 Å². The lowest BCUT2D eigenvalue weighted by molar-refractivity contribution is 0.0906. The minimum Gasteiger partial charge on any atom is -0.396 e. The molecule has 21 heavy (non-hydrogen) atoms. The van der Waals surface area contributed by atoms with E-state index in [-0.39, 0.29) is 23.7 Å². The summed E-state index contributed by atoms with van der Waals surface area (Å²) in [4.78, 5) is 23.4. The third-order valence-electron chi connectivity index (χ3n) is 4.32. The van der Waals surface area contributed by atoms with E-state index in [0.29, 0.717) is 24.1 Å². The summed E-state index contributed by atoms with van der Waals surface area (Å²) >= 11 is 0. The summed E-state index contributed by atoms with van der Waals surface area (Å²) in [5.74, 6) is -0.157. The number of amides is 1. The van der Waals surface area contributed by atoms with Crippen LogP contribution in [0.1, 0.15) is 60.7 Å². The molecule has 0 fully saturated rings. The predicted octanol–water partition coefficient (Wildman–Crippen LogP) is 2.81. The van der Waals surface area contributed by atoms with Crippen LogP contribution in [-0.4, -0.2) is 29.9 Å². The fraction of sp³-hybridized carbons (Fsp3) is 0.529. The van der Waals surface area contributed by atoms with Crippen LogP contribution in [0.2, 0.25) is 0 Å². The molecule has 1 rings (SSSR count). The van der Waals surface area contributed by atoms with Gasteiger partial charge < -0.3 is 10.4 Å². The van der Waals surface area contributed by atoms with Crippen molar-refractivity contribution in [3.05, 3.63) is 35.4 Å². The number of carbonyl (C=O) groups is 2. The molecule has 0 aliphatic carbocycles. The van der Waals surface area contributed by atoms with E-state index < -0.39 is 0 Å². The summed E-state index contributed by atoms with van der Waals surface area (Å²) in [5, 5.41) is 12.1. The minimum absolute atomic E-state index is 0.0131. The maximum atomic E-state index is 12.2. The van der Waals surface area contributed by atoms with E-state index in [1.165, 1.54) is 6.92 Å². The molecule has 4 nitrogen and oxygen atoms in total. The monoisotopic (exact) mass is 291 g/mol. The molecule has 2 N–H and O–H groups in total. The van der Waals surface area contributed by atoms with Gasteiger partial charge in [0.2, 0.25) is 0 Å². The normalized spacial score (nSPS) is 11.2. The minimum atomic E-state index is -0.144. The number of carbonyl (C=O) groups excluding carboxylic acids is 2. The van der Waals surface area contributed by atoms with Gasteiger partial charge >= 0.3 is 0 Å². The Kier molecular flexibility index (Phi) is 6.56. The van der Waals surface area contributed by atoms with Crippen LogP contribution in [0.4, 0.5) is 0 Å². The fourth-order valence-electron chi connectivity index (χ4n) is 2.41. The standard InChI is InChI=1S/C17H25NO3/c1-4-17(5-2,10-11-19)12-18-16(21)15-8-6-14(7-9-15)13(3)20/h6-9,19H,4-5,10-12H2,1-3H3,(H,18,21). The van der Waals surface area contributed by atoms with Gasteiger partial charge in [0.1, 0.15) is 0 Å². The predicted molar refractivity (Wildman–Crippen MR) is 83.5 cm³/mol. The van der Waals surface area contributed by atoms with E-state index in [1.807, 2.05) is 0 Å². The molecule has 0 aliphatic heterocycles. The number of benzene rings is 1. The Morgan fingerprint density at radius 2 is 1.62 bits per heavy atom. The lowest BCUT2D eigenvalue weighted by Crippen LogP contribution is -2.37. The zero-order valence-corrected chi connectivity index (χ0v) is 13.1. The lowest BCUT2D eigenvalue weighted by Gasteiger charge is -2.31. The van der Waals surface area contributed by atoms with E-state index in [0.717, 1.165) is 12.8 Å². The van der Waals surface area contributed by atoms with Crippen molar-refractivity contribution in [2.24, 2.45) is 5.41 Å². The number of hydrogen-bond acceptors (Lipinski definition) is 3. The molecule has 1 amide bonds. The van der Waals surface area contributed by atoms with Crippen molar-refractivity contribution in [1.82, 2.24) is 5.32 Å². The van der Waals surface area contributed by atoms with Crippen molar-refractivity contribution in [2.75, 3.05) is 13.2 Å². The third kappa shape index (κ3) is 4.67. The number of hydrogen-bond donors (Lipinski definition) is 2. The Morgan fingerprint density at radius 1 is 1.10 bits per heavy atom. The molecule has 116 valence electrons. The average Bonchev–Trinajstić information content (AvgIpc) is 2.51. The number of aliphatic hydroxyl groups is 1. The van der Waals surface area contributed by atoms with Crippen molar-refractivity contribution < 1.29 is 14.7 Å². The van der Waals surface area contributed by atoms with Gasteiger partial charge in [0, 0.05) is 24.3 Å². The molecule has 0 atom stereocenters. The van der Waals surface area contributed by atoms with Crippen molar-refractivity contribution in [3.63, 3.8) is 0 Å². The van der Waals surface area contributed by atoms with Gasteiger partial charge in [0.25, 0.3) is 5.91 Å². The van der Waals surface area contributed by atoms with E-state index in [2.05, 4.69) is 19.2 Å². The molecule has 1 aromatic carbocycles. The highest BCUT2D eigenvalue weighted by Gasteiger charge is 2.26. The largest absolute Gasteiger partial charge is 0.396 e. The van der Waals surface area contributed by atoms with Gasteiger partial charge in [-0.05, 0) is 43.7 Å². The summed E-state index contributed by atoms with van der Waals surface area (Å²) in [6.45, 7) is 6.33. The van der Waals surface area contributed by atoms with E-state index in [1.54, 1.807) is 24.3 Å². The second kappa shape index (κ2) is 7.93. The van der Waals surface area contributed by atoms with Gasteiger partial charge in [-0.25, -0.2) is 0 Å². The first-order chi connectivity index (χ1) is 9.98. The molecular formula is C17H25NO3. The third-order valence-corrected chi connectivity index (χ3v) is 4.32. The molecule has 4 heteroatoms. The number of Topliss-reactive ketones (excluding diaryl/α,β-unsaturated/α-hetero) is 1. The molecule has 0 aromatic heterocycles. The number of nitrogens with one attached hydrogen (secondary N) is 1. The van der Waals surface area contributed by atoms with Crippen molar-refractivity contribution in [3.8, 4) is 0 Å². The molecule has 0 bridgehead atoms. The highest BCUT2D eigenvalue weighted by Crippen LogP contribution is 2.29. The lowest BCUT2D eigenvalue weighted by atomic mass is 9.79. The van der Waals surface area contributed by atoms with Crippen molar-refractivity contribution in [1.29, 1.82) is 0 Å². The zero-order valence-electron chi connectivity index (χ0n) is 13.1. The smallest absolute Gasteiger partial charge is 0.251 e. The van der Waals surface area contributed by atoms with Gasteiger partial charge in [0.15, 0.2) is 5.78 Å². The van der Waals surface area contributed by atoms with Crippen LogP contribution in [0.15, 0.2) is 24.3 Å². The molecule has 0 spiro atoms. The summed E-state index contributed by atoms with van der Waals surface area (Å²) in [6, 6.07) is 6.66. The first-order valence-electron chi connectivity index (χ1n) is 7.48. The Morgan fingerprint density at radius 3 is 2.05 bits per heavy atom. The fourth-order valence-corrected chi connectivity index (χ4v) is 2.41. The van der Waals surface area contributed by atoms with Gasteiger partial charge in [-0.3, -0.25) is 9.59 Å².